The first-order valence-corrected chi connectivity index (χ1v) is 9.00. The fourth-order valence-corrected chi connectivity index (χ4v) is 3.27. The summed E-state index contributed by atoms with van der Waals surface area (Å²) >= 11 is 0. The van der Waals surface area contributed by atoms with Gasteiger partial charge in [0, 0.05) is 25.2 Å². The minimum absolute atomic E-state index is 0.212. The van der Waals surface area contributed by atoms with Crippen LogP contribution in [0, 0.1) is 0 Å². The van der Waals surface area contributed by atoms with E-state index in [1.54, 1.807) is 7.11 Å². The Morgan fingerprint density at radius 1 is 1.12 bits per heavy atom. The van der Waals surface area contributed by atoms with Crippen molar-refractivity contribution in [1.29, 1.82) is 0 Å². The highest BCUT2D eigenvalue weighted by Gasteiger charge is 2.21. The van der Waals surface area contributed by atoms with Crippen LogP contribution in [0.3, 0.4) is 0 Å². The van der Waals surface area contributed by atoms with Gasteiger partial charge in [-0.1, -0.05) is 30.3 Å². The van der Waals surface area contributed by atoms with Gasteiger partial charge in [0.2, 0.25) is 5.91 Å². The summed E-state index contributed by atoms with van der Waals surface area (Å²) in [5, 5.41) is 3.38. The molecular weight excluding hydrogens is 312 g/mol. The van der Waals surface area contributed by atoms with E-state index in [0.29, 0.717) is 13.0 Å². The third-order valence-corrected chi connectivity index (χ3v) is 4.68. The molecule has 0 atom stereocenters. The van der Waals surface area contributed by atoms with Crippen molar-refractivity contribution in [3.05, 3.63) is 59.7 Å². The average Bonchev–Trinajstić information content (AvgIpc) is 2.67. The quantitative estimate of drug-likeness (QED) is 0.788. The van der Waals surface area contributed by atoms with Gasteiger partial charge in [-0.15, -0.1) is 0 Å². The van der Waals surface area contributed by atoms with Gasteiger partial charge in [0.05, 0.1) is 7.11 Å². The SMILES string of the molecule is COc1ccc(CCNCCC(=O)N2CCCc3ccccc32)cc1. The van der Waals surface area contributed by atoms with E-state index in [9.17, 15) is 4.79 Å². The molecule has 1 aliphatic rings. The number of anilines is 1. The first-order valence-electron chi connectivity index (χ1n) is 9.00. The standard InChI is InChI=1S/C21H26N2O2/c1-25-19-10-8-17(9-11-19)12-14-22-15-13-21(24)23-16-4-6-18-5-2-3-7-20(18)23/h2-3,5,7-11,22H,4,6,12-16H2,1H3. The Hall–Kier alpha value is -2.33. The molecule has 0 fully saturated rings. The zero-order valence-corrected chi connectivity index (χ0v) is 14.8. The molecule has 132 valence electrons. The van der Waals surface area contributed by atoms with Gasteiger partial charge in [-0.3, -0.25) is 4.79 Å². The van der Waals surface area contributed by atoms with Crippen molar-refractivity contribution < 1.29 is 9.53 Å². The highest BCUT2D eigenvalue weighted by atomic mass is 16.5. The molecule has 0 aliphatic carbocycles. The maximum Gasteiger partial charge on any atom is 0.228 e. The van der Waals surface area contributed by atoms with Crippen molar-refractivity contribution in [1.82, 2.24) is 5.32 Å². The van der Waals surface area contributed by atoms with Crippen LogP contribution in [0.2, 0.25) is 0 Å². The Balaban J connectivity index is 1.41. The van der Waals surface area contributed by atoms with Crippen LogP contribution in [0.5, 0.6) is 5.75 Å². The number of aryl methyl sites for hydroxylation is 1. The summed E-state index contributed by atoms with van der Waals surface area (Å²) in [6, 6.07) is 16.4. The number of hydrogen-bond donors (Lipinski definition) is 1. The molecule has 0 saturated heterocycles. The third kappa shape index (κ3) is 4.60. The summed E-state index contributed by atoms with van der Waals surface area (Å²) in [5.74, 6) is 1.09. The van der Waals surface area contributed by atoms with E-state index >= 15 is 0 Å². The number of nitrogens with one attached hydrogen (secondary N) is 1. The highest BCUT2D eigenvalue weighted by molar-refractivity contribution is 5.94. The van der Waals surface area contributed by atoms with Crippen LogP contribution in [0.25, 0.3) is 0 Å². The Kier molecular flexibility index (Phi) is 6.07. The van der Waals surface area contributed by atoms with Crippen molar-refractivity contribution in [2.45, 2.75) is 25.7 Å². The molecule has 1 heterocycles. The molecule has 0 radical (unpaired) electrons. The number of para-hydroxylation sites is 1. The van der Waals surface area contributed by atoms with Crippen LogP contribution in [0.15, 0.2) is 48.5 Å². The average molecular weight is 338 g/mol. The maximum atomic E-state index is 12.5. The molecule has 0 aromatic heterocycles. The first kappa shape index (κ1) is 17.5. The number of carbonyl (C=O) groups is 1. The zero-order valence-electron chi connectivity index (χ0n) is 14.8. The number of carbonyl (C=O) groups excluding carboxylic acids is 1. The van der Waals surface area contributed by atoms with Gasteiger partial charge in [-0.2, -0.15) is 0 Å². The number of benzene rings is 2. The number of fused-ring (bicyclic) bond motifs is 1. The number of methoxy groups -OCH3 is 1. The lowest BCUT2D eigenvalue weighted by atomic mass is 10.0. The highest BCUT2D eigenvalue weighted by Crippen LogP contribution is 2.26. The van der Waals surface area contributed by atoms with Gasteiger partial charge in [-0.05, 0) is 55.1 Å². The molecule has 0 unspecified atom stereocenters. The summed E-state index contributed by atoms with van der Waals surface area (Å²) in [4.78, 5) is 14.5. The smallest absolute Gasteiger partial charge is 0.228 e. The lowest BCUT2D eigenvalue weighted by Crippen LogP contribution is -2.37. The Morgan fingerprint density at radius 3 is 2.72 bits per heavy atom. The van der Waals surface area contributed by atoms with Crippen LogP contribution >= 0.6 is 0 Å². The molecule has 3 rings (SSSR count). The number of ether oxygens (including phenoxy) is 1. The second-order valence-electron chi connectivity index (χ2n) is 6.38. The van der Waals surface area contributed by atoms with E-state index in [0.717, 1.165) is 43.8 Å². The van der Waals surface area contributed by atoms with Gasteiger partial charge in [0.1, 0.15) is 5.75 Å². The summed E-state index contributed by atoms with van der Waals surface area (Å²) in [6.07, 6.45) is 3.61. The van der Waals surface area contributed by atoms with Gasteiger partial charge in [-0.25, -0.2) is 0 Å². The van der Waals surface area contributed by atoms with E-state index in [1.807, 2.05) is 29.2 Å². The molecule has 2 aromatic rings. The molecule has 2 aromatic carbocycles. The van der Waals surface area contributed by atoms with Crippen LogP contribution in [-0.4, -0.2) is 32.7 Å². The van der Waals surface area contributed by atoms with E-state index < -0.39 is 0 Å². The summed E-state index contributed by atoms with van der Waals surface area (Å²) in [5.41, 5.74) is 3.65. The molecular formula is C21H26N2O2. The largest absolute Gasteiger partial charge is 0.497 e. The summed E-state index contributed by atoms with van der Waals surface area (Å²) in [7, 11) is 1.67. The van der Waals surface area contributed by atoms with Crippen molar-refractivity contribution >= 4 is 11.6 Å². The lowest BCUT2D eigenvalue weighted by molar-refractivity contribution is -0.118. The molecule has 25 heavy (non-hydrogen) atoms. The van der Waals surface area contributed by atoms with Crippen LogP contribution in [0.4, 0.5) is 5.69 Å². The molecule has 1 amide bonds. The molecule has 0 spiro atoms. The molecule has 4 heteroatoms. The van der Waals surface area contributed by atoms with E-state index in [2.05, 4.69) is 29.6 Å². The Bertz CT molecular complexity index is 697. The minimum Gasteiger partial charge on any atom is -0.497 e. The number of hydrogen-bond acceptors (Lipinski definition) is 3. The first-order chi connectivity index (χ1) is 12.3. The molecule has 4 nitrogen and oxygen atoms in total. The van der Waals surface area contributed by atoms with Crippen molar-refractivity contribution in [3.8, 4) is 5.75 Å². The van der Waals surface area contributed by atoms with Crippen LogP contribution in [-0.2, 0) is 17.6 Å². The monoisotopic (exact) mass is 338 g/mol. The Labute approximate surface area is 149 Å². The Morgan fingerprint density at radius 2 is 1.92 bits per heavy atom. The summed E-state index contributed by atoms with van der Waals surface area (Å²) in [6.45, 7) is 2.42. The van der Waals surface area contributed by atoms with Crippen molar-refractivity contribution in [2.24, 2.45) is 0 Å². The number of amides is 1. The van der Waals surface area contributed by atoms with Crippen LogP contribution < -0.4 is 15.0 Å². The summed E-state index contributed by atoms with van der Waals surface area (Å²) < 4.78 is 5.16. The van der Waals surface area contributed by atoms with Gasteiger partial charge in [0.25, 0.3) is 0 Å². The second-order valence-corrected chi connectivity index (χ2v) is 6.38. The topological polar surface area (TPSA) is 41.6 Å². The van der Waals surface area contributed by atoms with Gasteiger partial charge >= 0.3 is 0 Å². The number of rotatable bonds is 7. The van der Waals surface area contributed by atoms with E-state index in [1.165, 1.54) is 11.1 Å². The molecule has 1 N–H and O–H groups in total. The predicted octanol–water partition coefficient (Wildman–Crippen LogP) is 3.20. The minimum atomic E-state index is 0.212. The predicted molar refractivity (Wildman–Crippen MR) is 101 cm³/mol. The number of nitrogens with zero attached hydrogens (tertiary/aromatic N) is 1. The molecule has 0 saturated carbocycles. The van der Waals surface area contributed by atoms with E-state index in [4.69, 9.17) is 4.74 Å². The second kappa shape index (κ2) is 8.67. The van der Waals surface area contributed by atoms with E-state index in [-0.39, 0.29) is 5.91 Å². The van der Waals surface area contributed by atoms with Crippen LogP contribution in [0.1, 0.15) is 24.0 Å². The lowest BCUT2D eigenvalue weighted by Gasteiger charge is -2.29. The fraction of sp³-hybridized carbons (Fsp3) is 0.381. The zero-order chi connectivity index (χ0) is 17.5. The normalized spacial score (nSPS) is 13.4. The van der Waals surface area contributed by atoms with Crippen molar-refractivity contribution in [3.63, 3.8) is 0 Å². The molecule has 1 aliphatic heterocycles. The van der Waals surface area contributed by atoms with Crippen molar-refractivity contribution in [2.75, 3.05) is 31.6 Å². The molecule has 0 bridgehead atoms. The maximum absolute atomic E-state index is 12.5. The van der Waals surface area contributed by atoms with Gasteiger partial charge in [0.15, 0.2) is 0 Å². The third-order valence-electron chi connectivity index (χ3n) is 4.68. The van der Waals surface area contributed by atoms with Gasteiger partial charge < -0.3 is 15.0 Å². The fourth-order valence-electron chi connectivity index (χ4n) is 3.27.